The van der Waals surface area contributed by atoms with Gasteiger partial charge in [-0.2, -0.15) is 0 Å². The van der Waals surface area contributed by atoms with Gasteiger partial charge in [0.1, 0.15) is 16.5 Å². The third-order valence-corrected chi connectivity index (χ3v) is 4.21. The van der Waals surface area contributed by atoms with Crippen molar-refractivity contribution in [2.75, 3.05) is 11.3 Å². The lowest BCUT2D eigenvalue weighted by molar-refractivity contribution is 0.350. The first kappa shape index (κ1) is 13.5. The molecule has 0 aliphatic carbocycles. The van der Waals surface area contributed by atoms with E-state index in [0.29, 0.717) is 10.6 Å². The number of aromatic nitrogens is 2. The van der Waals surface area contributed by atoms with E-state index in [1.165, 1.54) is 12.3 Å². The van der Waals surface area contributed by atoms with Crippen molar-refractivity contribution < 1.29 is 13.5 Å². The molecule has 0 bridgehead atoms. The van der Waals surface area contributed by atoms with Crippen LogP contribution in [0.4, 0.5) is 5.00 Å². The number of aliphatic hydroxyl groups is 1. The fourth-order valence-corrected chi connectivity index (χ4v) is 3.19. The normalized spacial score (nSPS) is 10.6. The molecule has 0 radical (unpaired) electrons. The van der Waals surface area contributed by atoms with Crippen LogP contribution in [-0.4, -0.2) is 29.7 Å². The van der Waals surface area contributed by atoms with Crippen LogP contribution in [0.25, 0.3) is 0 Å². The fraction of sp³-hybridized carbons (Fsp3) is 0.0909. The number of sulfonamides is 1. The molecule has 0 fully saturated rings. The molecular formula is C11H9N3O3S2. The lowest BCUT2D eigenvalue weighted by Crippen LogP contribution is -2.13. The predicted octanol–water partition coefficient (Wildman–Crippen LogP) is 0.683. The minimum Gasteiger partial charge on any atom is -0.384 e. The molecule has 1 heterocycles. The van der Waals surface area contributed by atoms with Crippen LogP contribution in [0, 0.1) is 11.8 Å². The van der Waals surface area contributed by atoms with Crippen molar-refractivity contribution in [3.8, 4) is 11.8 Å². The minimum atomic E-state index is -3.75. The highest BCUT2D eigenvalue weighted by molar-refractivity contribution is 7.93. The van der Waals surface area contributed by atoms with E-state index in [2.05, 4.69) is 26.1 Å². The quantitative estimate of drug-likeness (QED) is 0.813. The van der Waals surface area contributed by atoms with E-state index in [-0.39, 0.29) is 11.5 Å². The summed E-state index contributed by atoms with van der Waals surface area (Å²) >= 11 is 0.941. The van der Waals surface area contributed by atoms with Gasteiger partial charge in [0.15, 0.2) is 0 Å². The molecule has 0 aliphatic heterocycles. The summed E-state index contributed by atoms with van der Waals surface area (Å²) in [4.78, 5) is 0.0457. The second kappa shape index (κ2) is 5.79. The van der Waals surface area contributed by atoms with Crippen LogP contribution < -0.4 is 4.72 Å². The van der Waals surface area contributed by atoms with E-state index in [1.807, 2.05) is 0 Å². The Hall–Kier alpha value is -1.95. The van der Waals surface area contributed by atoms with Gasteiger partial charge in [-0.3, -0.25) is 4.72 Å². The predicted molar refractivity (Wildman–Crippen MR) is 71.1 cm³/mol. The second-order valence-corrected chi connectivity index (χ2v) is 5.78. The molecule has 0 spiro atoms. The molecule has 0 unspecified atom stereocenters. The molecule has 0 amide bonds. The van der Waals surface area contributed by atoms with Gasteiger partial charge < -0.3 is 5.11 Å². The molecule has 98 valence electrons. The highest BCUT2D eigenvalue weighted by atomic mass is 32.2. The van der Waals surface area contributed by atoms with Crippen molar-refractivity contribution in [1.82, 2.24) is 9.59 Å². The number of hydrogen-bond donors (Lipinski definition) is 2. The Morgan fingerprint density at radius 1 is 1.37 bits per heavy atom. The summed E-state index contributed by atoms with van der Waals surface area (Å²) in [6.07, 6.45) is 1.32. The molecule has 0 aliphatic rings. The van der Waals surface area contributed by atoms with Crippen molar-refractivity contribution in [3.63, 3.8) is 0 Å². The summed E-state index contributed by atoms with van der Waals surface area (Å²) in [6, 6.07) is 6.29. The maximum atomic E-state index is 12.2. The first-order valence-electron chi connectivity index (χ1n) is 5.12. The van der Waals surface area contributed by atoms with Crippen molar-refractivity contribution >= 4 is 26.6 Å². The lowest BCUT2D eigenvalue weighted by Gasteiger charge is -2.06. The first-order chi connectivity index (χ1) is 9.13. The maximum absolute atomic E-state index is 12.2. The zero-order chi connectivity index (χ0) is 13.7. The fourth-order valence-electron chi connectivity index (χ4n) is 1.34. The van der Waals surface area contributed by atoms with Crippen LogP contribution in [0.15, 0.2) is 35.4 Å². The van der Waals surface area contributed by atoms with E-state index < -0.39 is 10.0 Å². The van der Waals surface area contributed by atoms with E-state index in [4.69, 9.17) is 5.11 Å². The molecule has 2 N–H and O–H groups in total. The van der Waals surface area contributed by atoms with Crippen molar-refractivity contribution in [2.24, 2.45) is 0 Å². The number of aliphatic hydroxyl groups excluding tert-OH is 1. The van der Waals surface area contributed by atoms with Gasteiger partial charge in [0, 0.05) is 17.1 Å². The van der Waals surface area contributed by atoms with Gasteiger partial charge in [-0.25, -0.2) is 8.42 Å². The standard InChI is InChI=1S/C11H9N3O3S2/c15-7-3-5-9-4-1-2-6-10(9)19(16,17)13-11-8-12-14-18-11/h1-2,4,6,8,13,15H,7H2. The van der Waals surface area contributed by atoms with E-state index in [0.717, 1.165) is 11.5 Å². The monoisotopic (exact) mass is 295 g/mol. The maximum Gasteiger partial charge on any atom is 0.263 e. The Bertz CT molecular complexity index is 715. The summed E-state index contributed by atoms with van der Waals surface area (Å²) in [5, 5.41) is 12.6. The van der Waals surface area contributed by atoms with Crippen LogP contribution in [-0.2, 0) is 10.0 Å². The molecule has 19 heavy (non-hydrogen) atoms. The Labute approximate surface area is 114 Å². The summed E-state index contributed by atoms with van der Waals surface area (Å²) in [5.41, 5.74) is 0.321. The molecule has 6 nitrogen and oxygen atoms in total. The lowest BCUT2D eigenvalue weighted by atomic mass is 10.2. The summed E-state index contributed by atoms with van der Waals surface area (Å²) in [5.74, 6) is 5.03. The molecule has 1 aromatic carbocycles. The van der Waals surface area contributed by atoms with Crippen LogP contribution >= 0.6 is 11.5 Å². The molecule has 2 rings (SSSR count). The Balaban J connectivity index is 2.40. The van der Waals surface area contributed by atoms with E-state index in [9.17, 15) is 8.42 Å². The molecule has 1 aromatic heterocycles. The Kier molecular flexibility index (Phi) is 4.11. The van der Waals surface area contributed by atoms with Crippen LogP contribution in [0.5, 0.6) is 0 Å². The summed E-state index contributed by atoms with van der Waals surface area (Å²) in [6.45, 7) is -0.333. The smallest absolute Gasteiger partial charge is 0.263 e. The zero-order valence-corrected chi connectivity index (χ0v) is 11.2. The average molecular weight is 295 g/mol. The molecule has 2 aromatic rings. The molecule has 0 saturated carbocycles. The Morgan fingerprint density at radius 2 is 2.16 bits per heavy atom. The zero-order valence-electron chi connectivity index (χ0n) is 9.57. The van der Waals surface area contributed by atoms with Crippen LogP contribution in [0.3, 0.4) is 0 Å². The molecule has 8 heteroatoms. The van der Waals surface area contributed by atoms with Crippen molar-refractivity contribution in [2.45, 2.75) is 4.90 Å². The summed E-state index contributed by atoms with van der Waals surface area (Å²) in [7, 11) is -3.75. The topological polar surface area (TPSA) is 92.2 Å². The minimum absolute atomic E-state index is 0.0457. The van der Waals surface area contributed by atoms with Gasteiger partial charge in [0.05, 0.1) is 6.20 Å². The number of rotatable bonds is 3. The average Bonchev–Trinajstić information content (AvgIpc) is 2.88. The number of anilines is 1. The van der Waals surface area contributed by atoms with E-state index >= 15 is 0 Å². The number of nitrogens with zero attached hydrogens (tertiary/aromatic N) is 2. The third kappa shape index (κ3) is 3.29. The van der Waals surface area contributed by atoms with Gasteiger partial charge >= 0.3 is 0 Å². The second-order valence-electron chi connectivity index (χ2n) is 3.34. The molecule has 0 saturated heterocycles. The van der Waals surface area contributed by atoms with Gasteiger partial charge in [0.2, 0.25) is 0 Å². The summed E-state index contributed by atoms with van der Waals surface area (Å²) < 4.78 is 30.3. The van der Waals surface area contributed by atoms with E-state index in [1.54, 1.807) is 18.2 Å². The highest BCUT2D eigenvalue weighted by Crippen LogP contribution is 2.20. The van der Waals surface area contributed by atoms with Crippen LogP contribution in [0.2, 0.25) is 0 Å². The van der Waals surface area contributed by atoms with Gasteiger partial charge in [-0.1, -0.05) is 28.5 Å². The molecular weight excluding hydrogens is 286 g/mol. The number of nitrogens with one attached hydrogen (secondary N) is 1. The van der Waals surface area contributed by atoms with Crippen LogP contribution in [0.1, 0.15) is 5.56 Å². The highest BCUT2D eigenvalue weighted by Gasteiger charge is 2.18. The first-order valence-corrected chi connectivity index (χ1v) is 7.38. The van der Waals surface area contributed by atoms with Crippen molar-refractivity contribution in [3.05, 3.63) is 36.0 Å². The SMILES string of the molecule is O=S(=O)(Nc1cnns1)c1ccccc1C#CCO. The molecule has 0 atom stereocenters. The largest absolute Gasteiger partial charge is 0.384 e. The third-order valence-electron chi connectivity index (χ3n) is 2.07. The number of hydrogen-bond acceptors (Lipinski definition) is 6. The number of benzene rings is 1. The Morgan fingerprint density at radius 3 is 2.84 bits per heavy atom. The van der Waals surface area contributed by atoms with Gasteiger partial charge in [-0.15, -0.1) is 5.10 Å². The van der Waals surface area contributed by atoms with Gasteiger partial charge in [0.25, 0.3) is 10.0 Å². The van der Waals surface area contributed by atoms with Gasteiger partial charge in [-0.05, 0) is 12.1 Å². The van der Waals surface area contributed by atoms with Crippen molar-refractivity contribution in [1.29, 1.82) is 0 Å².